The molecule has 0 fully saturated rings. The van der Waals surface area contributed by atoms with Crippen LogP contribution in [0.5, 0.6) is 11.5 Å². The van der Waals surface area contributed by atoms with Crippen LogP contribution in [0, 0.1) is 0 Å². The van der Waals surface area contributed by atoms with Crippen molar-refractivity contribution >= 4 is 23.2 Å². The predicted octanol–water partition coefficient (Wildman–Crippen LogP) is 3.20. The molecule has 9 heteroatoms. The number of aromatic nitrogens is 2. The third-order valence-electron chi connectivity index (χ3n) is 4.83. The molecule has 0 spiro atoms. The van der Waals surface area contributed by atoms with Crippen LogP contribution in [0.4, 0.5) is 0 Å². The van der Waals surface area contributed by atoms with Gasteiger partial charge in [-0.1, -0.05) is 36.4 Å². The van der Waals surface area contributed by atoms with Gasteiger partial charge < -0.3 is 9.47 Å². The number of ether oxygens (including phenoxy) is 2. The van der Waals surface area contributed by atoms with E-state index in [1.54, 1.807) is 29.1 Å². The first-order valence-corrected chi connectivity index (χ1v) is 10.7. The third-order valence-corrected chi connectivity index (χ3v) is 5.71. The predicted molar refractivity (Wildman–Crippen MR) is 119 cm³/mol. The summed E-state index contributed by atoms with van der Waals surface area (Å²) < 4.78 is 12.9. The first-order valence-electron chi connectivity index (χ1n) is 9.87. The minimum atomic E-state index is -0.881. The lowest BCUT2D eigenvalue weighted by atomic mass is 10.2. The van der Waals surface area contributed by atoms with Crippen LogP contribution >= 0.6 is 11.3 Å². The number of nitrogens with zero attached hydrogens (tertiary/aromatic N) is 2. The number of rotatable bonds is 4. The highest BCUT2D eigenvalue weighted by Crippen LogP contribution is 2.31. The molecule has 8 nitrogen and oxygen atoms in total. The molecule has 2 amide bonds. The van der Waals surface area contributed by atoms with Crippen LogP contribution in [0.3, 0.4) is 0 Å². The molecular formula is C23H18N4O4S. The van der Waals surface area contributed by atoms with E-state index in [0.29, 0.717) is 22.8 Å². The minimum Gasteiger partial charge on any atom is -0.485 e. The zero-order chi connectivity index (χ0) is 21.9. The van der Waals surface area contributed by atoms with E-state index in [1.807, 2.05) is 53.9 Å². The summed E-state index contributed by atoms with van der Waals surface area (Å²) in [7, 11) is 0. The molecule has 0 radical (unpaired) electrons. The standard InChI is InChI=1S/C23H18N4O4S/c28-22(24-25-23(29)19-14-30-17-9-4-5-10-18(17)31-19)16-13-27(15-7-2-1-3-8-15)26-21(16)20-11-6-12-32-20/h1-13,19H,14H2,(H,24,28)(H,25,29)/t19-/m1/s1. The largest absolute Gasteiger partial charge is 0.485 e. The second-order valence-corrected chi connectivity index (χ2v) is 7.90. The van der Waals surface area contributed by atoms with Gasteiger partial charge in [0, 0.05) is 6.20 Å². The number of nitrogens with one attached hydrogen (secondary N) is 2. The molecule has 0 bridgehead atoms. The number of carbonyl (C=O) groups excluding carboxylic acids is 2. The van der Waals surface area contributed by atoms with E-state index in [9.17, 15) is 9.59 Å². The Labute approximate surface area is 187 Å². The zero-order valence-corrected chi connectivity index (χ0v) is 17.5. The number of para-hydroxylation sites is 3. The molecule has 1 atom stereocenters. The van der Waals surface area contributed by atoms with Gasteiger partial charge in [0.2, 0.25) is 6.10 Å². The first-order chi connectivity index (χ1) is 15.7. The number of hydrogen-bond acceptors (Lipinski definition) is 6. The fraction of sp³-hybridized carbons (Fsp3) is 0.0870. The summed E-state index contributed by atoms with van der Waals surface area (Å²) in [5, 5.41) is 6.51. The number of hydrazine groups is 1. The monoisotopic (exact) mass is 446 g/mol. The maximum Gasteiger partial charge on any atom is 0.283 e. The van der Waals surface area contributed by atoms with Crippen LogP contribution in [-0.4, -0.2) is 34.3 Å². The van der Waals surface area contributed by atoms with E-state index >= 15 is 0 Å². The molecule has 4 aromatic rings. The van der Waals surface area contributed by atoms with Crippen LogP contribution in [0.2, 0.25) is 0 Å². The molecule has 2 aromatic heterocycles. The molecular weight excluding hydrogens is 428 g/mol. The van der Waals surface area contributed by atoms with Gasteiger partial charge in [0.25, 0.3) is 11.8 Å². The maximum atomic E-state index is 12.9. The van der Waals surface area contributed by atoms with E-state index in [2.05, 4.69) is 16.0 Å². The number of fused-ring (bicyclic) bond motifs is 1. The molecule has 5 rings (SSSR count). The van der Waals surface area contributed by atoms with Crippen LogP contribution in [-0.2, 0) is 4.79 Å². The summed E-state index contributed by atoms with van der Waals surface area (Å²) in [4.78, 5) is 26.3. The van der Waals surface area contributed by atoms with E-state index in [1.165, 1.54) is 11.3 Å². The third kappa shape index (κ3) is 3.93. The first kappa shape index (κ1) is 19.8. The number of hydrogen-bond donors (Lipinski definition) is 2. The van der Waals surface area contributed by atoms with Crippen molar-refractivity contribution in [3.63, 3.8) is 0 Å². The smallest absolute Gasteiger partial charge is 0.283 e. The Hall–Kier alpha value is -4.11. The number of amides is 2. The lowest BCUT2D eigenvalue weighted by molar-refractivity contribution is -0.131. The fourth-order valence-corrected chi connectivity index (χ4v) is 3.99. The number of benzene rings is 2. The van der Waals surface area contributed by atoms with Crippen molar-refractivity contribution in [2.75, 3.05) is 6.61 Å². The summed E-state index contributed by atoms with van der Waals surface area (Å²) >= 11 is 1.48. The lowest BCUT2D eigenvalue weighted by Gasteiger charge is -2.25. The molecule has 1 aliphatic heterocycles. The van der Waals surface area contributed by atoms with Crippen molar-refractivity contribution in [2.45, 2.75) is 6.10 Å². The molecule has 3 heterocycles. The number of thiophene rings is 1. The average Bonchev–Trinajstić information content (AvgIpc) is 3.53. The Balaban J connectivity index is 1.32. The van der Waals surface area contributed by atoms with E-state index in [0.717, 1.165) is 10.6 Å². The fourth-order valence-electron chi connectivity index (χ4n) is 3.26. The quantitative estimate of drug-likeness (QED) is 0.470. The van der Waals surface area contributed by atoms with Crippen LogP contribution in [0.25, 0.3) is 16.3 Å². The van der Waals surface area contributed by atoms with Gasteiger partial charge in [-0.2, -0.15) is 5.10 Å². The highest BCUT2D eigenvalue weighted by atomic mass is 32.1. The SMILES string of the molecule is O=C(NNC(=O)[C@H]1COc2ccccc2O1)c1cn(-c2ccccc2)nc1-c1cccs1. The Morgan fingerprint density at radius 1 is 0.969 bits per heavy atom. The Kier molecular flexibility index (Phi) is 5.30. The summed E-state index contributed by atoms with van der Waals surface area (Å²) in [5.41, 5.74) is 6.57. The van der Waals surface area contributed by atoms with Gasteiger partial charge in [-0.25, -0.2) is 4.68 Å². The number of carbonyl (C=O) groups is 2. The van der Waals surface area contributed by atoms with Crippen molar-refractivity contribution in [2.24, 2.45) is 0 Å². The van der Waals surface area contributed by atoms with Crippen LogP contribution in [0.1, 0.15) is 10.4 Å². The van der Waals surface area contributed by atoms with Crippen molar-refractivity contribution in [1.29, 1.82) is 0 Å². The van der Waals surface area contributed by atoms with Crippen molar-refractivity contribution in [3.8, 4) is 27.8 Å². The highest BCUT2D eigenvalue weighted by molar-refractivity contribution is 7.13. The van der Waals surface area contributed by atoms with Crippen molar-refractivity contribution in [3.05, 3.63) is 83.9 Å². The molecule has 0 saturated carbocycles. The zero-order valence-electron chi connectivity index (χ0n) is 16.7. The summed E-state index contributed by atoms with van der Waals surface area (Å²) in [6, 6.07) is 20.4. The summed E-state index contributed by atoms with van der Waals surface area (Å²) in [6.07, 6.45) is 0.761. The summed E-state index contributed by atoms with van der Waals surface area (Å²) in [5.74, 6) is 0.0610. The van der Waals surface area contributed by atoms with E-state index in [4.69, 9.17) is 9.47 Å². The highest BCUT2D eigenvalue weighted by Gasteiger charge is 2.28. The van der Waals surface area contributed by atoms with Crippen LogP contribution in [0.15, 0.2) is 78.3 Å². The molecule has 0 unspecified atom stereocenters. The molecule has 2 N–H and O–H groups in total. The molecule has 2 aromatic carbocycles. The molecule has 0 aliphatic carbocycles. The second kappa shape index (κ2) is 8.56. The van der Waals surface area contributed by atoms with Gasteiger partial charge in [0.15, 0.2) is 11.5 Å². The normalized spacial score (nSPS) is 14.6. The van der Waals surface area contributed by atoms with Crippen LogP contribution < -0.4 is 20.3 Å². The van der Waals surface area contributed by atoms with Gasteiger partial charge in [-0.15, -0.1) is 11.3 Å². The summed E-state index contributed by atoms with van der Waals surface area (Å²) in [6.45, 7) is 0.0467. The Morgan fingerprint density at radius 2 is 1.75 bits per heavy atom. The van der Waals surface area contributed by atoms with E-state index in [-0.39, 0.29) is 6.61 Å². The van der Waals surface area contributed by atoms with Gasteiger partial charge in [0.05, 0.1) is 16.1 Å². The lowest BCUT2D eigenvalue weighted by Crippen LogP contribution is -2.50. The Bertz CT molecular complexity index is 1250. The Morgan fingerprint density at radius 3 is 2.53 bits per heavy atom. The van der Waals surface area contributed by atoms with E-state index < -0.39 is 17.9 Å². The van der Waals surface area contributed by atoms with Gasteiger partial charge >= 0.3 is 0 Å². The topological polar surface area (TPSA) is 94.5 Å². The van der Waals surface area contributed by atoms with Gasteiger partial charge in [0.1, 0.15) is 12.3 Å². The molecule has 160 valence electrons. The maximum absolute atomic E-state index is 12.9. The molecule has 32 heavy (non-hydrogen) atoms. The van der Waals surface area contributed by atoms with Crippen molar-refractivity contribution < 1.29 is 19.1 Å². The average molecular weight is 446 g/mol. The minimum absolute atomic E-state index is 0.0467. The second-order valence-electron chi connectivity index (χ2n) is 6.96. The van der Waals surface area contributed by atoms with Gasteiger partial charge in [-0.05, 0) is 35.7 Å². The van der Waals surface area contributed by atoms with Crippen molar-refractivity contribution in [1.82, 2.24) is 20.6 Å². The molecule has 0 saturated heterocycles. The van der Waals surface area contributed by atoms with Gasteiger partial charge in [-0.3, -0.25) is 20.4 Å². The molecule has 1 aliphatic rings.